The topological polar surface area (TPSA) is 128 Å². The van der Waals surface area contributed by atoms with E-state index in [-0.39, 0.29) is 22.6 Å². The van der Waals surface area contributed by atoms with Crippen molar-refractivity contribution in [1.82, 2.24) is 14.8 Å². The van der Waals surface area contributed by atoms with Gasteiger partial charge in [0, 0.05) is 28.5 Å². The summed E-state index contributed by atoms with van der Waals surface area (Å²) in [5, 5.41) is 21.5. The molecule has 0 saturated heterocycles. The summed E-state index contributed by atoms with van der Waals surface area (Å²) in [5.74, 6) is -1.79. The van der Waals surface area contributed by atoms with Gasteiger partial charge in [0.25, 0.3) is 0 Å². The second kappa shape index (κ2) is 10.9. The Labute approximate surface area is 244 Å². The molecule has 214 valence electrons. The van der Waals surface area contributed by atoms with E-state index in [0.717, 1.165) is 35.4 Å². The molecule has 0 aliphatic heterocycles. The van der Waals surface area contributed by atoms with Crippen LogP contribution in [0.15, 0.2) is 77.0 Å². The molecule has 1 aliphatic rings. The minimum Gasteiger partial charge on any atom is -0.476 e. The average molecular weight is 607 g/mol. The molecule has 3 aromatic carbocycles. The number of halogens is 2. The van der Waals surface area contributed by atoms with E-state index < -0.39 is 27.6 Å². The molecule has 1 fully saturated rings. The number of aromatic nitrogens is 3. The third-order valence-corrected chi connectivity index (χ3v) is 8.87. The van der Waals surface area contributed by atoms with Crippen molar-refractivity contribution in [2.75, 3.05) is 0 Å². The Kier molecular flexibility index (Phi) is 7.21. The number of hydrogen-bond donors (Lipinski definition) is 2. The van der Waals surface area contributed by atoms with Crippen molar-refractivity contribution >= 4 is 27.3 Å². The molecular weight excluding hydrogens is 582 g/mol. The highest BCUT2D eigenvalue weighted by molar-refractivity contribution is 7.89. The quantitative estimate of drug-likeness (QED) is 0.217. The zero-order valence-electron chi connectivity index (χ0n) is 22.0. The highest BCUT2D eigenvalue weighted by Gasteiger charge is 2.29. The number of aromatic carboxylic acids is 1. The Morgan fingerprint density at radius 1 is 1.05 bits per heavy atom. The molecule has 8 nitrogen and oxygen atoms in total. The molecular formula is C30H24F2N4O4S2. The highest BCUT2D eigenvalue weighted by Crippen LogP contribution is 2.39. The fourth-order valence-electron chi connectivity index (χ4n) is 4.91. The molecule has 0 spiro atoms. The van der Waals surface area contributed by atoms with E-state index in [2.05, 4.69) is 4.98 Å². The Morgan fingerprint density at radius 2 is 1.83 bits per heavy atom. The van der Waals surface area contributed by atoms with Crippen molar-refractivity contribution in [3.63, 3.8) is 0 Å². The number of carbonyl (C=O) groups is 1. The van der Waals surface area contributed by atoms with E-state index in [9.17, 15) is 22.7 Å². The van der Waals surface area contributed by atoms with E-state index in [1.165, 1.54) is 41.8 Å². The van der Waals surface area contributed by atoms with Gasteiger partial charge in [-0.2, -0.15) is 5.10 Å². The van der Waals surface area contributed by atoms with Gasteiger partial charge in [0.1, 0.15) is 11.6 Å². The van der Waals surface area contributed by atoms with Crippen LogP contribution >= 0.6 is 11.3 Å². The molecule has 2 heterocycles. The molecule has 3 N–H and O–H groups in total. The SMILES string of the molecule is NS(=O)(=O)c1cccc(Cc2c(-c3ccc(F)c(-c4cccc(F)c4)c3)nn(-c3nc(C(=O)O)cs3)c2CC2CC2)c1. The van der Waals surface area contributed by atoms with E-state index in [4.69, 9.17) is 10.2 Å². The van der Waals surface area contributed by atoms with E-state index >= 15 is 4.39 Å². The highest BCUT2D eigenvalue weighted by atomic mass is 32.2. The van der Waals surface area contributed by atoms with Crippen LogP contribution in [-0.4, -0.2) is 34.3 Å². The van der Waals surface area contributed by atoms with Crippen molar-refractivity contribution in [3.05, 3.63) is 106 Å². The number of benzene rings is 3. The summed E-state index contributed by atoms with van der Waals surface area (Å²) in [5.41, 5.74) is 3.72. The van der Waals surface area contributed by atoms with Crippen molar-refractivity contribution < 1.29 is 27.1 Å². The minimum atomic E-state index is -3.94. The monoisotopic (exact) mass is 606 g/mol. The van der Waals surface area contributed by atoms with Gasteiger partial charge in [-0.3, -0.25) is 0 Å². The standard InChI is InChI=1S/C30H24F2N4O4S2/c31-21-5-2-4-19(14-21)23-15-20(9-10-25(23)32)28-24(12-18-3-1-6-22(11-18)42(33,39)40)27(13-17-7-8-17)36(35-28)30-34-26(16-41-30)29(37)38/h1-6,9-11,14-17H,7-8,12-13H2,(H,37,38)(H2,33,39,40). The van der Waals surface area contributed by atoms with Crippen LogP contribution in [0.5, 0.6) is 0 Å². The number of nitrogens with zero attached hydrogens (tertiary/aromatic N) is 3. The first kappa shape index (κ1) is 27.9. The van der Waals surface area contributed by atoms with E-state index in [1.807, 2.05) is 0 Å². The lowest BCUT2D eigenvalue weighted by molar-refractivity contribution is 0.0691. The van der Waals surface area contributed by atoms with Crippen molar-refractivity contribution in [3.8, 4) is 27.5 Å². The molecule has 6 rings (SSSR count). The van der Waals surface area contributed by atoms with Gasteiger partial charge in [-0.25, -0.2) is 36.8 Å². The third-order valence-electron chi connectivity index (χ3n) is 7.14. The predicted octanol–water partition coefficient (Wildman–Crippen LogP) is 5.83. The van der Waals surface area contributed by atoms with Crippen molar-refractivity contribution in [2.45, 2.75) is 30.6 Å². The van der Waals surface area contributed by atoms with Gasteiger partial charge in [-0.05, 0) is 78.8 Å². The van der Waals surface area contributed by atoms with Crippen molar-refractivity contribution in [2.24, 2.45) is 11.1 Å². The van der Waals surface area contributed by atoms with Gasteiger partial charge in [0.15, 0.2) is 5.69 Å². The first-order valence-corrected chi connectivity index (χ1v) is 15.5. The van der Waals surface area contributed by atoms with Crippen LogP contribution in [-0.2, 0) is 22.9 Å². The molecule has 0 amide bonds. The van der Waals surface area contributed by atoms with Gasteiger partial charge >= 0.3 is 5.97 Å². The molecule has 1 aliphatic carbocycles. The minimum absolute atomic E-state index is 0.0288. The van der Waals surface area contributed by atoms with Crippen LogP contribution in [0, 0.1) is 17.6 Å². The molecule has 5 aromatic rings. The summed E-state index contributed by atoms with van der Waals surface area (Å²) in [6, 6.07) is 16.5. The Balaban J connectivity index is 1.56. The number of rotatable bonds is 9. The summed E-state index contributed by atoms with van der Waals surface area (Å²) >= 11 is 1.14. The molecule has 0 bridgehead atoms. The maximum atomic E-state index is 15.0. The first-order valence-electron chi connectivity index (χ1n) is 13.0. The largest absolute Gasteiger partial charge is 0.476 e. The molecule has 1 saturated carbocycles. The van der Waals surface area contributed by atoms with Crippen LogP contribution < -0.4 is 5.14 Å². The first-order chi connectivity index (χ1) is 20.1. The second-order valence-electron chi connectivity index (χ2n) is 10.2. The lowest BCUT2D eigenvalue weighted by Gasteiger charge is -2.11. The summed E-state index contributed by atoms with van der Waals surface area (Å²) in [4.78, 5) is 15.8. The summed E-state index contributed by atoms with van der Waals surface area (Å²) in [6.45, 7) is 0. The van der Waals surface area contributed by atoms with Crippen LogP contribution in [0.2, 0.25) is 0 Å². The van der Waals surface area contributed by atoms with Gasteiger partial charge in [-0.1, -0.05) is 24.3 Å². The number of hydrogen-bond acceptors (Lipinski definition) is 6. The fourth-order valence-corrected chi connectivity index (χ4v) is 6.27. The summed E-state index contributed by atoms with van der Waals surface area (Å²) in [7, 11) is -3.94. The van der Waals surface area contributed by atoms with Crippen LogP contribution in [0.4, 0.5) is 8.78 Å². The van der Waals surface area contributed by atoms with Crippen LogP contribution in [0.25, 0.3) is 27.5 Å². The Morgan fingerprint density at radius 3 is 2.52 bits per heavy atom. The number of carboxylic acids is 1. The van der Waals surface area contributed by atoms with Gasteiger partial charge < -0.3 is 5.11 Å². The average Bonchev–Trinajstić information content (AvgIpc) is 3.51. The Hall–Kier alpha value is -4.26. The fraction of sp³-hybridized carbons (Fsp3) is 0.167. The number of thiazole rings is 1. The molecule has 42 heavy (non-hydrogen) atoms. The van der Waals surface area contributed by atoms with Crippen LogP contribution in [0.3, 0.4) is 0 Å². The van der Waals surface area contributed by atoms with E-state index in [0.29, 0.717) is 39.9 Å². The Bertz CT molecular complexity index is 1950. The smallest absolute Gasteiger partial charge is 0.355 e. The van der Waals surface area contributed by atoms with Gasteiger partial charge in [0.2, 0.25) is 15.2 Å². The number of carboxylic acid groups (broad SMARTS) is 1. The summed E-state index contributed by atoms with van der Waals surface area (Å²) in [6.07, 6.45) is 2.96. The number of primary sulfonamides is 1. The zero-order chi connectivity index (χ0) is 29.6. The maximum absolute atomic E-state index is 15.0. The normalized spacial score (nSPS) is 13.4. The second-order valence-corrected chi connectivity index (χ2v) is 12.6. The third kappa shape index (κ3) is 5.73. The van der Waals surface area contributed by atoms with Crippen molar-refractivity contribution in [1.29, 1.82) is 0 Å². The number of nitrogens with two attached hydrogens (primary N) is 1. The molecule has 0 radical (unpaired) electrons. The lowest BCUT2D eigenvalue weighted by atomic mass is 9.95. The molecule has 2 aromatic heterocycles. The maximum Gasteiger partial charge on any atom is 0.355 e. The summed E-state index contributed by atoms with van der Waals surface area (Å²) < 4.78 is 54.8. The lowest BCUT2D eigenvalue weighted by Crippen LogP contribution is -2.12. The predicted molar refractivity (Wildman–Crippen MR) is 154 cm³/mol. The van der Waals surface area contributed by atoms with Crippen LogP contribution in [0.1, 0.15) is 40.2 Å². The molecule has 12 heteroatoms. The van der Waals surface area contributed by atoms with Gasteiger partial charge in [0.05, 0.1) is 16.3 Å². The zero-order valence-corrected chi connectivity index (χ0v) is 23.6. The molecule has 0 unspecified atom stereocenters. The van der Waals surface area contributed by atoms with Gasteiger partial charge in [-0.15, -0.1) is 11.3 Å². The number of sulfonamides is 1. The van der Waals surface area contributed by atoms with E-state index in [1.54, 1.807) is 35.0 Å². The molecule has 0 atom stereocenters.